The Morgan fingerprint density at radius 3 is 2.18 bits per heavy atom. The summed E-state index contributed by atoms with van der Waals surface area (Å²) >= 11 is 7.85. The number of carbonyl (C=O) groups excluding carboxylic acids is 2. The van der Waals surface area contributed by atoms with E-state index in [-0.39, 0.29) is 51.2 Å². The Hall–Kier alpha value is -4.23. The zero-order chi connectivity index (χ0) is 55.6. The fourth-order valence-electron chi connectivity index (χ4n) is 10.1. The first-order valence-corrected chi connectivity index (χ1v) is 33.0. The first kappa shape index (κ1) is 60.4. The number of piperazine rings is 1. The van der Waals surface area contributed by atoms with Crippen LogP contribution in [0.2, 0.25) is 5.02 Å². The highest BCUT2D eigenvalue weighted by Crippen LogP contribution is 2.51. The van der Waals surface area contributed by atoms with Crippen LogP contribution >= 0.6 is 31.0 Å². The molecule has 0 bridgehead atoms. The largest absolute Gasteiger partial charge is 0.438 e. The first-order valence-electron chi connectivity index (χ1n) is 26.6. The van der Waals surface area contributed by atoms with Crippen molar-refractivity contribution in [2.75, 3.05) is 94.1 Å². The Bertz CT molecular complexity index is 2960. The van der Waals surface area contributed by atoms with E-state index in [0.717, 1.165) is 106 Å². The molecule has 0 aromatic heterocycles. The lowest BCUT2D eigenvalue weighted by Crippen LogP contribution is -2.47. The maximum absolute atomic E-state index is 13.8. The van der Waals surface area contributed by atoms with Gasteiger partial charge in [0, 0.05) is 78.5 Å². The highest BCUT2D eigenvalue weighted by Gasteiger charge is 2.34. The molecule has 0 saturated carbocycles. The molecule has 2 aliphatic heterocycles. The third-order valence-electron chi connectivity index (χ3n) is 14.4. The molecule has 0 radical (unpaired) electrons. The van der Waals surface area contributed by atoms with E-state index >= 15 is 0 Å². The van der Waals surface area contributed by atoms with Crippen molar-refractivity contribution < 1.29 is 44.8 Å². The minimum Gasteiger partial charge on any atom is -0.438 e. The van der Waals surface area contributed by atoms with Gasteiger partial charge < -0.3 is 24.4 Å². The Morgan fingerprint density at radius 2 is 1.55 bits per heavy atom. The summed E-state index contributed by atoms with van der Waals surface area (Å²) in [5, 5.41) is 4.17. The van der Waals surface area contributed by atoms with Crippen LogP contribution in [0.15, 0.2) is 117 Å². The Labute approximate surface area is 466 Å². The number of amides is 1. The molecule has 2 saturated heterocycles. The van der Waals surface area contributed by atoms with Gasteiger partial charge in [-0.3, -0.25) is 23.6 Å². The number of nitrogens with zero attached hydrogens (tertiary/aromatic N) is 3. The number of sulfonamides is 1. The van der Waals surface area contributed by atoms with Crippen molar-refractivity contribution in [3.05, 3.63) is 119 Å². The zero-order valence-electron chi connectivity index (χ0n) is 45.6. The smallest absolute Gasteiger partial charge is 0.333 e. The Kier molecular flexibility index (Phi) is 20.7. The topological polar surface area (TPSA) is 181 Å². The van der Waals surface area contributed by atoms with Gasteiger partial charge in [0.15, 0.2) is 9.84 Å². The molecular formula is C57H77ClN5O10PS3. The summed E-state index contributed by atoms with van der Waals surface area (Å²) in [7, 11) is -12.0. The molecule has 2 fully saturated rings. The van der Waals surface area contributed by atoms with Crippen molar-refractivity contribution in [2.24, 2.45) is 16.7 Å². The van der Waals surface area contributed by atoms with Crippen LogP contribution < -0.4 is 14.9 Å². The van der Waals surface area contributed by atoms with Gasteiger partial charge in [0.05, 0.1) is 33.7 Å². The third kappa shape index (κ3) is 17.6. The number of piperidine rings is 1. The zero-order valence-corrected chi connectivity index (χ0v) is 49.7. The van der Waals surface area contributed by atoms with Gasteiger partial charge in [-0.15, -0.1) is 11.8 Å². The van der Waals surface area contributed by atoms with Gasteiger partial charge in [-0.1, -0.05) is 61.4 Å². The number of ether oxygens (including phenoxy) is 1. The second-order valence-electron chi connectivity index (χ2n) is 22.3. The van der Waals surface area contributed by atoms with Crippen LogP contribution in [-0.2, 0) is 43.0 Å². The summed E-state index contributed by atoms with van der Waals surface area (Å²) < 4.78 is 86.6. The summed E-state index contributed by atoms with van der Waals surface area (Å²) in [6.07, 6.45) is 6.60. The number of thioether (sulfide) groups is 1. The van der Waals surface area contributed by atoms with Gasteiger partial charge in [-0.2, -0.15) is 0 Å². The molecule has 7 rings (SSSR count). The molecule has 4 aromatic rings. The van der Waals surface area contributed by atoms with Crippen molar-refractivity contribution in [3.63, 3.8) is 0 Å². The molecule has 2 atom stereocenters. The number of hydrogen-bond donors (Lipinski definition) is 2. The molecule has 1 amide bonds. The second kappa shape index (κ2) is 26.4. The van der Waals surface area contributed by atoms with Crippen LogP contribution in [-0.4, -0.2) is 128 Å². The lowest BCUT2D eigenvalue weighted by molar-refractivity contribution is -0.160. The maximum Gasteiger partial charge on any atom is 0.333 e. The van der Waals surface area contributed by atoms with E-state index in [4.69, 9.17) is 25.4 Å². The van der Waals surface area contributed by atoms with Crippen LogP contribution in [0, 0.1) is 16.7 Å². The van der Waals surface area contributed by atoms with Gasteiger partial charge in [0.1, 0.15) is 0 Å². The summed E-state index contributed by atoms with van der Waals surface area (Å²) in [5.41, 5.74) is 5.01. The van der Waals surface area contributed by atoms with Crippen LogP contribution in [0.5, 0.6) is 0 Å². The fraction of sp³-hybridized carbons (Fsp3) is 0.509. The van der Waals surface area contributed by atoms with E-state index < -0.39 is 51.5 Å². The van der Waals surface area contributed by atoms with Crippen molar-refractivity contribution in [2.45, 2.75) is 101 Å². The minimum atomic E-state index is -4.50. The number of nitrogens with one attached hydrogen (secondary N) is 2. The SMILES string of the molecule is CCOP(=O)(CC1CCN(CC[C@H](CSc2ccccc2)Nc2ccc(S(=O)(=O)NC(=O)c3ccc(N4CCN(CC5=C(c6ccc(Cl)cc6)CCC(C)(C)C5)CC4)cc3)cc2S(C)(=O)=O)CC1)OCOC(=O)C(C)(C)C. The first-order chi connectivity index (χ1) is 36.4. The fourth-order valence-corrected chi connectivity index (χ4v) is 15.0. The lowest BCUT2D eigenvalue weighted by atomic mass is 9.73. The number of sulfone groups is 1. The normalized spacial score (nSPS) is 18.4. The van der Waals surface area contributed by atoms with Crippen molar-refractivity contribution >= 4 is 79.6 Å². The van der Waals surface area contributed by atoms with Gasteiger partial charge in [-0.05, 0) is 169 Å². The third-order valence-corrected chi connectivity index (χ3v) is 20.5. The Balaban J connectivity index is 0.951. The van der Waals surface area contributed by atoms with E-state index in [2.05, 4.69) is 50.7 Å². The van der Waals surface area contributed by atoms with Crippen LogP contribution in [0.4, 0.5) is 11.4 Å². The highest BCUT2D eigenvalue weighted by atomic mass is 35.5. The van der Waals surface area contributed by atoms with E-state index in [0.29, 0.717) is 18.7 Å². The van der Waals surface area contributed by atoms with Gasteiger partial charge in [-0.25, -0.2) is 21.6 Å². The molecule has 3 aliphatic rings. The lowest BCUT2D eigenvalue weighted by Gasteiger charge is -2.39. The highest BCUT2D eigenvalue weighted by molar-refractivity contribution is 7.99. The molecule has 77 heavy (non-hydrogen) atoms. The number of allylic oxidation sites excluding steroid dienone is 1. The number of halogens is 1. The average molecular weight is 1150 g/mol. The van der Waals surface area contributed by atoms with E-state index in [9.17, 15) is 31.0 Å². The predicted molar refractivity (Wildman–Crippen MR) is 309 cm³/mol. The number of carbonyl (C=O) groups is 2. The summed E-state index contributed by atoms with van der Waals surface area (Å²) in [5.74, 6) is -0.646. The average Bonchev–Trinajstić information content (AvgIpc) is 3.38. The molecule has 2 heterocycles. The minimum absolute atomic E-state index is 0.0685. The van der Waals surface area contributed by atoms with E-state index in [1.54, 1.807) is 51.6 Å². The van der Waals surface area contributed by atoms with Gasteiger partial charge in [0.25, 0.3) is 15.9 Å². The number of anilines is 2. The monoisotopic (exact) mass is 1150 g/mol. The maximum atomic E-state index is 13.8. The standard InChI is InChI=1S/C57H77ClN5O10PS3/c1-8-72-74(66,73-41-71-55(65)56(2,3)4)39-42-25-29-61(30-26-42)31-27-47(40-75-49-12-10-9-11-13-49)59-52-23-22-50(36-53(52)76(7,67)68)77(69,70)60-54(64)44-16-20-48(21-17-44)63-34-32-62(33-35-63)38-45-37-57(5,6)28-24-51(45)43-14-18-46(58)19-15-43/h9-23,36,42,47,59H,8,24-35,37-41H2,1-7H3,(H,60,64)/t47-,74?/m1/s1. The second-order valence-corrected chi connectivity index (χ2v) is 29.6. The number of likely N-dealkylation sites (tertiary alicyclic amines) is 1. The molecule has 1 unspecified atom stereocenters. The van der Waals surface area contributed by atoms with Crippen molar-refractivity contribution in [1.82, 2.24) is 14.5 Å². The quantitative estimate of drug-likeness (QED) is 0.0310. The molecule has 2 N–H and O–H groups in total. The van der Waals surface area contributed by atoms with Crippen LogP contribution in [0.1, 0.15) is 96.0 Å². The molecule has 420 valence electrons. The van der Waals surface area contributed by atoms with Crippen LogP contribution in [0.25, 0.3) is 5.57 Å². The molecule has 0 spiro atoms. The summed E-state index contributed by atoms with van der Waals surface area (Å²) in [6.45, 7) is 17.8. The van der Waals surface area contributed by atoms with Crippen molar-refractivity contribution in [1.29, 1.82) is 0 Å². The van der Waals surface area contributed by atoms with Crippen LogP contribution in [0.3, 0.4) is 0 Å². The number of hydrogen-bond acceptors (Lipinski definition) is 15. The number of rotatable bonds is 23. The van der Waals surface area contributed by atoms with E-state index in [1.807, 2.05) is 54.6 Å². The van der Waals surface area contributed by atoms with Gasteiger partial charge in [0.2, 0.25) is 6.79 Å². The number of esters is 1. The summed E-state index contributed by atoms with van der Waals surface area (Å²) in [6, 6.07) is 28.5. The Morgan fingerprint density at radius 1 is 0.870 bits per heavy atom. The predicted octanol–water partition coefficient (Wildman–Crippen LogP) is 11.1. The summed E-state index contributed by atoms with van der Waals surface area (Å²) in [4.78, 5) is 33.3. The van der Waals surface area contributed by atoms with Gasteiger partial charge >= 0.3 is 13.6 Å². The molecule has 1 aliphatic carbocycles. The van der Waals surface area contributed by atoms with E-state index in [1.165, 1.54) is 28.8 Å². The molecule has 4 aromatic carbocycles. The molecule has 15 nitrogen and oxygen atoms in total. The molecule has 20 heteroatoms. The molecular weight excluding hydrogens is 1080 g/mol. The van der Waals surface area contributed by atoms with Crippen molar-refractivity contribution in [3.8, 4) is 0 Å². The number of benzene rings is 4.